The molecule has 168 valence electrons. The van der Waals surface area contributed by atoms with Gasteiger partial charge in [0, 0.05) is 6.54 Å². The molecule has 0 atom stereocenters. The molecule has 0 spiro atoms. The summed E-state index contributed by atoms with van der Waals surface area (Å²) in [5.74, 6) is 0.328. The fourth-order valence-electron chi connectivity index (χ4n) is 3.40. The number of ether oxygens (including phenoxy) is 1. The smallest absolute Gasteiger partial charge is 0.264 e. The summed E-state index contributed by atoms with van der Waals surface area (Å²) >= 11 is 0. The third-order valence-corrected chi connectivity index (χ3v) is 6.71. The van der Waals surface area contributed by atoms with E-state index in [1.807, 2.05) is 57.2 Å². The normalized spacial score (nSPS) is 11.1. The highest BCUT2D eigenvalue weighted by Gasteiger charge is 2.28. The molecule has 6 nitrogen and oxygen atoms in total. The van der Waals surface area contributed by atoms with Crippen LogP contribution in [0.15, 0.2) is 77.7 Å². The molecule has 0 heterocycles. The van der Waals surface area contributed by atoms with Gasteiger partial charge in [0.1, 0.15) is 12.3 Å². The second-order valence-corrected chi connectivity index (χ2v) is 9.33. The number of sulfonamides is 1. The fraction of sp³-hybridized carbons (Fsp3) is 0.240. The van der Waals surface area contributed by atoms with Gasteiger partial charge in [0.25, 0.3) is 10.0 Å². The molecule has 3 aromatic carbocycles. The summed E-state index contributed by atoms with van der Waals surface area (Å²) in [7, 11) is -3.93. The van der Waals surface area contributed by atoms with E-state index in [1.165, 1.54) is 16.4 Å². The zero-order chi connectivity index (χ0) is 23.1. The SMILES string of the molecule is CCOc1cccc(CNC(=O)CN(c2ccc(C)cc2C)S(=O)(=O)c2ccccc2)c1. The summed E-state index contributed by atoms with van der Waals surface area (Å²) in [6, 6.07) is 21.1. The van der Waals surface area contributed by atoms with Crippen LogP contribution >= 0.6 is 0 Å². The maximum absolute atomic E-state index is 13.4. The standard InChI is InChI=1S/C25H28N2O4S/c1-4-31-22-10-8-9-21(16-22)17-26-25(28)18-27(24-14-13-19(2)15-20(24)3)32(29,30)23-11-6-5-7-12-23/h5-16H,4,17-18H2,1-3H3,(H,26,28). The maximum atomic E-state index is 13.4. The van der Waals surface area contributed by atoms with Crippen LogP contribution in [-0.4, -0.2) is 27.5 Å². The number of nitrogens with one attached hydrogen (secondary N) is 1. The zero-order valence-corrected chi connectivity index (χ0v) is 19.4. The van der Waals surface area contributed by atoms with E-state index in [9.17, 15) is 13.2 Å². The molecule has 0 aliphatic carbocycles. The van der Waals surface area contributed by atoms with Crippen LogP contribution in [-0.2, 0) is 21.4 Å². The molecule has 1 N–H and O–H groups in total. The highest BCUT2D eigenvalue weighted by molar-refractivity contribution is 7.92. The molecular weight excluding hydrogens is 424 g/mol. The van der Waals surface area contributed by atoms with Crippen LogP contribution in [0.2, 0.25) is 0 Å². The van der Waals surface area contributed by atoms with Crippen LogP contribution < -0.4 is 14.4 Å². The Morgan fingerprint density at radius 3 is 2.41 bits per heavy atom. The number of nitrogens with zero attached hydrogens (tertiary/aromatic N) is 1. The molecule has 0 fully saturated rings. The molecule has 0 bridgehead atoms. The van der Waals surface area contributed by atoms with Gasteiger partial charge in [-0.3, -0.25) is 9.10 Å². The Balaban J connectivity index is 1.84. The van der Waals surface area contributed by atoms with Crippen molar-refractivity contribution < 1.29 is 17.9 Å². The Morgan fingerprint density at radius 1 is 0.969 bits per heavy atom. The number of carbonyl (C=O) groups excluding carboxylic acids is 1. The first-order chi connectivity index (χ1) is 15.3. The number of benzene rings is 3. The minimum Gasteiger partial charge on any atom is -0.494 e. The monoisotopic (exact) mass is 452 g/mol. The largest absolute Gasteiger partial charge is 0.494 e. The van der Waals surface area contributed by atoms with Crippen molar-refractivity contribution >= 4 is 21.6 Å². The lowest BCUT2D eigenvalue weighted by molar-refractivity contribution is -0.119. The van der Waals surface area contributed by atoms with Gasteiger partial charge in [-0.1, -0.05) is 48.0 Å². The van der Waals surface area contributed by atoms with Crippen molar-refractivity contribution in [2.45, 2.75) is 32.2 Å². The molecule has 0 aromatic heterocycles. The Hall–Kier alpha value is -3.32. The molecule has 0 unspecified atom stereocenters. The average molecular weight is 453 g/mol. The summed E-state index contributed by atoms with van der Waals surface area (Å²) < 4.78 is 33.5. The van der Waals surface area contributed by atoms with Gasteiger partial charge in [0.2, 0.25) is 5.91 Å². The van der Waals surface area contributed by atoms with Crippen molar-refractivity contribution in [3.63, 3.8) is 0 Å². The lowest BCUT2D eigenvalue weighted by Gasteiger charge is -2.26. The van der Waals surface area contributed by atoms with Gasteiger partial charge < -0.3 is 10.1 Å². The summed E-state index contributed by atoms with van der Waals surface area (Å²) in [5, 5.41) is 2.82. The van der Waals surface area contributed by atoms with E-state index in [-0.39, 0.29) is 18.0 Å². The zero-order valence-electron chi connectivity index (χ0n) is 18.5. The van der Waals surface area contributed by atoms with E-state index in [0.717, 1.165) is 22.4 Å². The second kappa shape index (κ2) is 10.3. The Bertz CT molecular complexity index is 1180. The first-order valence-corrected chi connectivity index (χ1v) is 11.9. The fourth-order valence-corrected chi connectivity index (χ4v) is 4.91. The van der Waals surface area contributed by atoms with Gasteiger partial charge in [-0.15, -0.1) is 0 Å². The van der Waals surface area contributed by atoms with E-state index in [0.29, 0.717) is 12.3 Å². The maximum Gasteiger partial charge on any atom is 0.264 e. The minimum atomic E-state index is -3.93. The van der Waals surface area contributed by atoms with E-state index < -0.39 is 15.9 Å². The van der Waals surface area contributed by atoms with E-state index in [1.54, 1.807) is 24.3 Å². The molecule has 0 radical (unpaired) electrons. The molecule has 0 saturated heterocycles. The molecule has 1 amide bonds. The summed E-state index contributed by atoms with van der Waals surface area (Å²) in [6.07, 6.45) is 0. The first-order valence-electron chi connectivity index (χ1n) is 10.4. The van der Waals surface area contributed by atoms with Gasteiger partial charge in [0.05, 0.1) is 17.2 Å². The molecule has 3 aromatic rings. The van der Waals surface area contributed by atoms with E-state index >= 15 is 0 Å². The van der Waals surface area contributed by atoms with Gasteiger partial charge in [0.15, 0.2) is 0 Å². The predicted molar refractivity (Wildman–Crippen MR) is 126 cm³/mol. The number of anilines is 1. The van der Waals surface area contributed by atoms with Gasteiger partial charge in [-0.25, -0.2) is 8.42 Å². The average Bonchev–Trinajstić information content (AvgIpc) is 2.77. The highest BCUT2D eigenvalue weighted by atomic mass is 32.2. The van der Waals surface area contributed by atoms with Gasteiger partial charge in [-0.05, 0) is 62.2 Å². The van der Waals surface area contributed by atoms with Crippen molar-refractivity contribution in [3.8, 4) is 5.75 Å². The lowest BCUT2D eigenvalue weighted by Crippen LogP contribution is -2.41. The van der Waals surface area contributed by atoms with E-state index in [2.05, 4.69) is 5.32 Å². The van der Waals surface area contributed by atoms with Gasteiger partial charge >= 0.3 is 0 Å². The van der Waals surface area contributed by atoms with Crippen molar-refractivity contribution in [3.05, 3.63) is 89.5 Å². The van der Waals surface area contributed by atoms with Crippen LogP contribution in [0.25, 0.3) is 0 Å². The number of rotatable bonds is 9. The minimum absolute atomic E-state index is 0.136. The van der Waals surface area contributed by atoms with Crippen molar-refractivity contribution in [1.82, 2.24) is 5.32 Å². The summed E-state index contributed by atoms with van der Waals surface area (Å²) in [5.41, 5.74) is 3.14. The number of amides is 1. The van der Waals surface area contributed by atoms with Crippen molar-refractivity contribution in [2.24, 2.45) is 0 Å². The third kappa shape index (κ3) is 5.68. The highest BCUT2D eigenvalue weighted by Crippen LogP contribution is 2.27. The molecule has 32 heavy (non-hydrogen) atoms. The summed E-state index contributed by atoms with van der Waals surface area (Å²) in [4.78, 5) is 13.0. The van der Waals surface area contributed by atoms with Gasteiger partial charge in [-0.2, -0.15) is 0 Å². The molecule has 0 aliphatic rings. The number of hydrogen-bond acceptors (Lipinski definition) is 4. The second-order valence-electron chi connectivity index (χ2n) is 7.47. The molecule has 0 saturated carbocycles. The quantitative estimate of drug-likeness (QED) is 0.528. The molecule has 7 heteroatoms. The van der Waals surface area contributed by atoms with Crippen LogP contribution in [0.3, 0.4) is 0 Å². The van der Waals surface area contributed by atoms with E-state index in [4.69, 9.17) is 4.74 Å². The van der Waals surface area contributed by atoms with Crippen molar-refractivity contribution in [1.29, 1.82) is 0 Å². The van der Waals surface area contributed by atoms with Crippen LogP contribution in [0.4, 0.5) is 5.69 Å². The van der Waals surface area contributed by atoms with Crippen LogP contribution in [0.1, 0.15) is 23.6 Å². The number of aryl methyl sites for hydroxylation is 2. The third-order valence-electron chi connectivity index (χ3n) is 4.94. The van der Waals surface area contributed by atoms with Crippen LogP contribution in [0, 0.1) is 13.8 Å². The summed E-state index contributed by atoms with van der Waals surface area (Å²) in [6.45, 7) is 6.18. The van der Waals surface area contributed by atoms with Crippen LogP contribution in [0.5, 0.6) is 5.75 Å². The molecule has 3 rings (SSSR count). The lowest BCUT2D eigenvalue weighted by atomic mass is 10.1. The van der Waals surface area contributed by atoms with Crippen molar-refractivity contribution in [2.75, 3.05) is 17.5 Å². The number of hydrogen-bond donors (Lipinski definition) is 1. The number of carbonyl (C=O) groups is 1. The Morgan fingerprint density at radius 2 is 1.72 bits per heavy atom. The first kappa shape index (κ1) is 23.3. The predicted octanol–water partition coefficient (Wildman–Crippen LogP) is 4.21. The molecular formula is C25H28N2O4S. The Kier molecular flexibility index (Phi) is 7.53. The topological polar surface area (TPSA) is 75.7 Å². The molecule has 0 aliphatic heterocycles. The Labute approximate surface area is 189 Å².